The molecule has 0 aromatic carbocycles. The van der Waals surface area contributed by atoms with Gasteiger partial charge >= 0.3 is 0 Å². The van der Waals surface area contributed by atoms with E-state index in [1.165, 1.54) is 11.3 Å². The number of thiophene rings is 1. The van der Waals surface area contributed by atoms with Crippen LogP contribution in [-0.2, 0) is 16.4 Å². The first kappa shape index (κ1) is 14.7. The minimum absolute atomic E-state index is 0.350. The van der Waals surface area contributed by atoms with Gasteiger partial charge in [-0.05, 0) is 48.8 Å². The second-order valence-corrected chi connectivity index (χ2v) is 8.44. The summed E-state index contributed by atoms with van der Waals surface area (Å²) in [7, 11) is -3.31. The Hall–Kier alpha value is -1.24. The number of nitrogens with zero attached hydrogens (tertiary/aromatic N) is 2. The molecule has 0 radical (unpaired) electrons. The van der Waals surface area contributed by atoms with Crippen LogP contribution in [0.2, 0.25) is 0 Å². The van der Waals surface area contributed by atoms with Crippen LogP contribution in [0.4, 0.5) is 0 Å². The van der Waals surface area contributed by atoms with Gasteiger partial charge in [-0.2, -0.15) is 4.31 Å². The molecule has 1 aliphatic heterocycles. The minimum atomic E-state index is -3.31. The van der Waals surface area contributed by atoms with Gasteiger partial charge in [-0.1, -0.05) is 12.1 Å². The molecule has 1 fully saturated rings. The highest BCUT2D eigenvalue weighted by Gasteiger charge is 2.30. The maximum atomic E-state index is 12.6. The summed E-state index contributed by atoms with van der Waals surface area (Å²) in [6.45, 7) is 1.22. The number of piperidine rings is 1. The quantitative estimate of drug-likeness (QED) is 0.870. The number of pyridine rings is 1. The van der Waals surface area contributed by atoms with Crippen molar-refractivity contribution in [3.8, 4) is 0 Å². The van der Waals surface area contributed by atoms with Crippen molar-refractivity contribution >= 4 is 21.4 Å². The summed E-state index contributed by atoms with van der Waals surface area (Å²) in [5.74, 6) is 0.350. The van der Waals surface area contributed by atoms with E-state index in [2.05, 4.69) is 4.98 Å². The SMILES string of the molecule is O=S(=O)(c1cccs1)N1CCC[C@H](Cc2ccccn2)C1. The molecule has 0 amide bonds. The van der Waals surface area contributed by atoms with Gasteiger partial charge in [0.15, 0.2) is 0 Å². The number of rotatable bonds is 4. The fourth-order valence-corrected chi connectivity index (χ4v) is 5.46. The third-order valence-electron chi connectivity index (χ3n) is 3.79. The van der Waals surface area contributed by atoms with Crippen LogP contribution >= 0.6 is 11.3 Å². The minimum Gasteiger partial charge on any atom is -0.261 e. The Labute approximate surface area is 129 Å². The standard InChI is InChI=1S/C15H18N2O2S2/c18-21(19,15-7-4-10-20-15)17-9-3-5-13(12-17)11-14-6-1-2-8-16-14/h1-2,4,6-8,10,13H,3,5,9,11-12H2/t13-/m1/s1. The molecule has 1 aliphatic rings. The lowest BCUT2D eigenvalue weighted by Crippen LogP contribution is -2.40. The lowest BCUT2D eigenvalue weighted by molar-refractivity contribution is 0.264. The zero-order chi connectivity index (χ0) is 14.7. The normalized spacial score (nSPS) is 20.5. The van der Waals surface area contributed by atoms with Crippen molar-refractivity contribution in [2.45, 2.75) is 23.5 Å². The molecule has 0 spiro atoms. The Bertz CT molecular complexity index is 669. The molecule has 1 saturated heterocycles. The fraction of sp³-hybridized carbons (Fsp3) is 0.400. The summed E-state index contributed by atoms with van der Waals surface area (Å²) in [4.78, 5) is 4.34. The number of hydrogen-bond acceptors (Lipinski definition) is 4. The van der Waals surface area contributed by atoms with E-state index < -0.39 is 10.0 Å². The number of hydrogen-bond donors (Lipinski definition) is 0. The van der Waals surface area contributed by atoms with Gasteiger partial charge in [0.05, 0.1) is 0 Å². The molecule has 2 aromatic rings. The van der Waals surface area contributed by atoms with E-state index in [0.29, 0.717) is 23.2 Å². The van der Waals surface area contributed by atoms with Gasteiger partial charge in [0.1, 0.15) is 4.21 Å². The largest absolute Gasteiger partial charge is 0.261 e. The zero-order valence-corrected chi connectivity index (χ0v) is 13.3. The van der Waals surface area contributed by atoms with Gasteiger partial charge in [-0.15, -0.1) is 11.3 Å². The fourth-order valence-electron chi connectivity index (χ4n) is 2.76. The van der Waals surface area contributed by atoms with Gasteiger partial charge < -0.3 is 0 Å². The van der Waals surface area contributed by atoms with E-state index in [-0.39, 0.29) is 0 Å². The first-order valence-corrected chi connectivity index (χ1v) is 9.42. The van der Waals surface area contributed by atoms with Crippen LogP contribution in [0.15, 0.2) is 46.1 Å². The molecule has 21 heavy (non-hydrogen) atoms. The molecule has 0 aliphatic carbocycles. The molecular formula is C15H18N2O2S2. The van der Waals surface area contributed by atoms with Gasteiger partial charge in [0, 0.05) is 25.0 Å². The van der Waals surface area contributed by atoms with Crippen molar-refractivity contribution in [1.29, 1.82) is 0 Å². The predicted molar refractivity (Wildman–Crippen MR) is 83.7 cm³/mol. The summed E-state index contributed by atoms with van der Waals surface area (Å²) >= 11 is 1.29. The first-order valence-electron chi connectivity index (χ1n) is 7.10. The molecule has 6 heteroatoms. The summed E-state index contributed by atoms with van der Waals surface area (Å²) in [6.07, 6.45) is 4.62. The van der Waals surface area contributed by atoms with Crippen LogP contribution in [0.5, 0.6) is 0 Å². The van der Waals surface area contributed by atoms with Crippen molar-refractivity contribution in [2.75, 3.05) is 13.1 Å². The van der Waals surface area contributed by atoms with Crippen molar-refractivity contribution in [2.24, 2.45) is 5.92 Å². The van der Waals surface area contributed by atoms with Crippen molar-refractivity contribution in [1.82, 2.24) is 9.29 Å². The number of aromatic nitrogens is 1. The van der Waals surface area contributed by atoms with E-state index in [9.17, 15) is 8.42 Å². The van der Waals surface area contributed by atoms with E-state index in [0.717, 1.165) is 25.0 Å². The average Bonchev–Trinajstić information content (AvgIpc) is 3.04. The van der Waals surface area contributed by atoms with E-state index in [1.54, 1.807) is 22.6 Å². The van der Waals surface area contributed by atoms with Crippen LogP contribution in [0.1, 0.15) is 18.5 Å². The summed E-state index contributed by atoms with van der Waals surface area (Å²) in [5, 5.41) is 1.81. The Morgan fingerprint density at radius 3 is 2.90 bits per heavy atom. The highest BCUT2D eigenvalue weighted by Crippen LogP contribution is 2.27. The second kappa shape index (κ2) is 6.25. The maximum absolute atomic E-state index is 12.6. The molecule has 3 rings (SSSR count). The second-order valence-electron chi connectivity index (χ2n) is 5.33. The van der Waals surface area contributed by atoms with Crippen molar-refractivity contribution in [3.05, 3.63) is 47.6 Å². The van der Waals surface area contributed by atoms with Crippen molar-refractivity contribution < 1.29 is 8.42 Å². The molecule has 0 bridgehead atoms. The Balaban J connectivity index is 1.71. The molecule has 2 aromatic heterocycles. The Morgan fingerprint density at radius 2 is 2.19 bits per heavy atom. The molecule has 1 atom stereocenters. The van der Waals surface area contributed by atoms with Crippen LogP contribution in [-0.4, -0.2) is 30.8 Å². The summed E-state index contributed by atoms with van der Waals surface area (Å²) in [5.41, 5.74) is 1.04. The maximum Gasteiger partial charge on any atom is 0.252 e. The molecule has 0 saturated carbocycles. The third kappa shape index (κ3) is 3.33. The lowest BCUT2D eigenvalue weighted by atomic mass is 9.94. The van der Waals surface area contributed by atoms with Crippen molar-refractivity contribution in [3.63, 3.8) is 0 Å². The Morgan fingerprint density at radius 1 is 1.29 bits per heavy atom. The molecule has 0 unspecified atom stereocenters. The van der Waals surface area contributed by atoms with Gasteiger partial charge in [0.2, 0.25) is 0 Å². The predicted octanol–water partition coefficient (Wildman–Crippen LogP) is 2.79. The molecule has 4 nitrogen and oxygen atoms in total. The smallest absolute Gasteiger partial charge is 0.252 e. The lowest BCUT2D eigenvalue weighted by Gasteiger charge is -2.31. The monoisotopic (exact) mass is 322 g/mol. The Kier molecular flexibility index (Phi) is 4.37. The van der Waals surface area contributed by atoms with Crippen LogP contribution in [0.3, 0.4) is 0 Å². The topological polar surface area (TPSA) is 50.3 Å². The highest BCUT2D eigenvalue weighted by molar-refractivity contribution is 7.91. The summed E-state index contributed by atoms with van der Waals surface area (Å²) in [6, 6.07) is 9.35. The molecule has 3 heterocycles. The number of sulfonamides is 1. The van der Waals surface area contributed by atoms with Crippen LogP contribution < -0.4 is 0 Å². The van der Waals surface area contributed by atoms with Crippen LogP contribution in [0, 0.1) is 5.92 Å². The first-order chi connectivity index (χ1) is 10.2. The molecular weight excluding hydrogens is 304 g/mol. The summed E-state index contributed by atoms with van der Waals surface area (Å²) < 4.78 is 27.2. The highest BCUT2D eigenvalue weighted by atomic mass is 32.2. The van der Waals surface area contributed by atoms with E-state index in [1.807, 2.05) is 23.6 Å². The van der Waals surface area contributed by atoms with Gasteiger partial charge in [-0.3, -0.25) is 4.98 Å². The van der Waals surface area contributed by atoms with Crippen LogP contribution in [0.25, 0.3) is 0 Å². The molecule has 112 valence electrons. The van der Waals surface area contributed by atoms with Gasteiger partial charge in [0.25, 0.3) is 10.0 Å². The van der Waals surface area contributed by atoms with Gasteiger partial charge in [-0.25, -0.2) is 8.42 Å². The molecule has 0 N–H and O–H groups in total. The van der Waals surface area contributed by atoms with E-state index >= 15 is 0 Å². The zero-order valence-electron chi connectivity index (χ0n) is 11.7. The third-order valence-corrected chi connectivity index (χ3v) is 7.03. The average molecular weight is 322 g/mol. The van der Waals surface area contributed by atoms with E-state index in [4.69, 9.17) is 0 Å².